The van der Waals surface area contributed by atoms with Gasteiger partial charge in [0, 0.05) is 17.5 Å². The molecule has 0 N–H and O–H groups in total. The van der Waals surface area contributed by atoms with Crippen molar-refractivity contribution in [1.82, 2.24) is 14.8 Å². The molecule has 0 spiro atoms. The average molecular weight is 270 g/mol. The summed E-state index contributed by atoms with van der Waals surface area (Å²) in [6.07, 6.45) is 2.11. The molecule has 3 nitrogen and oxygen atoms in total. The molecule has 0 amide bonds. The normalized spacial score (nSPS) is 15.1. The Hall–Kier alpha value is -1.49. The lowest BCUT2D eigenvalue weighted by atomic mass is 10.2. The van der Waals surface area contributed by atoms with Crippen molar-refractivity contribution in [2.75, 3.05) is 0 Å². The summed E-state index contributed by atoms with van der Waals surface area (Å²) >= 11 is 5.94. The molecule has 1 aliphatic carbocycles. The summed E-state index contributed by atoms with van der Waals surface area (Å²) in [6, 6.07) is 3.51. The Kier molecular flexibility index (Phi) is 2.78. The highest BCUT2D eigenvalue weighted by atomic mass is 35.5. The maximum atomic E-state index is 13.6. The van der Waals surface area contributed by atoms with Crippen molar-refractivity contribution in [3.8, 4) is 0 Å². The van der Waals surface area contributed by atoms with Gasteiger partial charge in [0.05, 0.1) is 6.54 Å². The van der Waals surface area contributed by atoms with Crippen LogP contribution in [-0.4, -0.2) is 14.8 Å². The first-order valence-corrected chi connectivity index (χ1v) is 6.05. The van der Waals surface area contributed by atoms with Crippen molar-refractivity contribution in [2.45, 2.75) is 25.3 Å². The molecule has 18 heavy (non-hydrogen) atoms. The van der Waals surface area contributed by atoms with Gasteiger partial charge in [-0.15, -0.1) is 10.2 Å². The molecule has 0 radical (unpaired) electrons. The molecule has 0 unspecified atom stereocenters. The van der Waals surface area contributed by atoms with Crippen molar-refractivity contribution < 1.29 is 8.78 Å². The number of halogens is 3. The van der Waals surface area contributed by atoms with Crippen molar-refractivity contribution in [2.24, 2.45) is 0 Å². The third-order valence-electron chi connectivity index (χ3n) is 3.02. The van der Waals surface area contributed by atoms with Gasteiger partial charge in [0.25, 0.3) is 0 Å². The quantitative estimate of drug-likeness (QED) is 0.857. The summed E-state index contributed by atoms with van der Waals surface area (Å²) in [7, 11) is 0. The van der Waals surface area contributed by atoms with Gasteiger partial charge in [-0.2, -0.15) is 0 Å². The standard InChI is InChI=1S/C12H10ClF2N3/c13-12-17-16-11(7-1-2-7)18(12)6-8-3-4-9(14)5-10(8)15/h3-5,7H,1-2,6H2. The van der Waals surface area contributed by atoms with Crippen LogP contribution in [0.25, 0.3) is 0 Å². The lowest BCUT2D eigenvalue weighted by Gasteiger charge is -2.08. The molecule has 1 aliphatic rings. The highest BCUT2D eigenvalue weighted by Crippen LogP contribution is 2.39. The van der Waals surface area contributed by atoms with E-state index >= 15 is 0 Å². The molecular formula is C12H10ClF2N3. The SMILES string of the molecule is Fc1ccc(Cn2c(Cl)nnc2C2CC2)c(F)c1. The second kappa shape index (κ2) is 4.31. The smallest absolute Gasteiger partial charge is 0.225 e. The fraction of sp³-hybridized carbons (Fsp3) is 0.333. The first-order chi connectivity index (χ1) is 8.65. The molecule has 0 atom stereocenters. The lowest BCUT2D eigenvalue weighted by molar-refractivity contribution is 0.563. The minimum absolute atomic E-state index is 0.226. The van der Waals surface area contributed by atoms with Crippen molar-refractivity contribution >= 4 is 11.6 Å². The van der Waals surface area contributed by atoms with Gasteiger partial charge < -0.3 is 0 Å². The average Bonchev–Trinajstić information content (AvgIpc) is 3.10. The first-order valence-electron chi connectivity index (χ1n) is 5.67. The number of aromatic nitrogens is 3. The summed E-state index contributed by atoms with van der Waals surface area (Å²) < 4.78 is 28.1. The van der Waals surface area contributed by atoms with Gasteiger partial charge in [0.15, 0.2) is 0 Å². The van der Waals surface area contributed by atoms with Gasteiger partial charge >= 0.3 is 0 Å². The molecule has 94 valence electrons. The third kappa shape index (κ3) is 2.10. The van der Waals surface area contributed by atoms with Gasteiger partial charge in [-0.1, -0.05) is 6.07 Å². The van der Waals surface area contributed by atoms with E-state index in [0.717, 1.165) is 24.7 Å². The second-order valence-electron chi connectivity index (χ2n) is 4.42. The summed E-state index contributed by atoms with van der Waals surface area (Å²) in [5.41, 5.74) is 0.375. The maximum absolute atomic E-state index is 13.6. The Labute approximate surface area is 107 Å². The minimum atomic E-state index is -0.589. The molecule has 1 fully saturated rings. The summed E-state index contributed by atoms with van der Waals surface area (Å²) in [6.45, 7) is 0.226. The molecule has 1 heterocycles. The highest BCUT2D eigenvalue weighted by molar-refractivity contribution is 6.28. The van der Waals surface area contributed by atoms with E-state index in [1.54, 1.807) is 4.57 Å². The van der Waals surface area contributed by atoms with Crippen LogP contribution in [0, 0.1) is 11.6 Å². The third-order valence-corrected chi connectivity index (χ3v) is 3.30. The van der Waals surface area contributed by atoms with Crippen molar-refractivity contribution in [1.29, 1.82) is 0 Å². The minimum Gasteiger partial charge on any atom is -0.297 e. The predicted molar refractivity (Wildman–Crippen MR) is 62.5 cm³/mol. The van der Waals surface area contributed by atoms with E-state index in [-0.39, 0.29) is 11.8 Å². The van der Waals surface area contributed by atoms with Gasteiger partial charge in [-0.05, 0) is 30.5 Å². The summed E-state index contributed by atoms with van der Waals surface area (Å²) in [4.78, 5) is 0. The number of hydrogen-bond acceptors (Lipinski definition) is 2. The highest BCUT2D eigenvalue weighted by Gasteiger charge is 2.30. The molecule has 0 bridgehead atoms. The molecule has 0 saturated heterocycles. The maximum Gasteiger partial charge on any atom is 0.225 e. The molecule has 1 saturated carbocycles. The second-order valence-corrected chi connectivity index (χ2v) is 4.76. The molecule has 2 aromatic rings. The van der Waals surface area contributed by atoms with Crippen LogP contribution < -0.4 is 0 Å². The van der Waals surface area contributed by atoms with Crippen LogP contribution >= 0.6 is 11.6 Å². The van der Waals surface area contributed by atoms with Crippen LogP contribution in [-0.2, 0) is 6.54 Å². The van der Waals surface area contributed by atoms with Crippen LogP contribution in [0.5, 0.6) is 0 Å². The van der Waals surface area contributed by atoms with Crippen molar-refractivity contribution in [3.05, 3.63) is 46.5 Å². The van der Waals surface area contributed by atoms with Gasteiger partial charge in [-0.3, -0.25) is 4.57 Å². The zero-order valence-corrected chi connectivity index (χ0v) is 10.2. The molecule has 1 aromatic heterocycles. The molecular weight excluding hydrogens is 260 g/mol. The topological polar surface area (TPSA) is 30.7 Å². The Morgan fingerprint density at radius 1 is 1.28 bits per heavy atom. The Morgan fingerprint density at radius 3 is 2.72 bits per heavy atom. The molecule has 0 aliphatic heterocycles. The van der Waals surface area contributed by atoms with Crippen LogP contribution in [0.4, 0.5) is 8.78 Å². The molecule has 3 rings (SSSR count). The summed E-state index contributed by atoms with van der Waals surface area (Å²) in [5.74, 6) is -0.0210. The lowest BCUT2D eigenvalue weighted by Crippen LogP contribution is -2.06. The zero-order valence-electron chi connectivity index (χ0n) is 9.41. The van der Waals surface area contributed by atoms with E-state index < -0.39 is 11.6 Å². The van der Waals surface area contributed by atoms with Gasteiger partial charge in [-0.25, -0.2) is 8.78 Å². The zero-order chi connectivity index (χ0) is 12.7. The largest absolute Gasteiger partial charge is 0.297 e. The summed E-state index contributed by atoms with van der Waals surface area (Å²) in [5, 5.41) is 8.05. The van der Waals surface area contributed by atoms with E-state index in [9.17, 15) is 8.78 Å². The van der Waals surface area contributed by atoms with Gasteiger partial charge in [0.2, 0.25) is 5.28 Å². The van der Waals surface area contributed by atoms with Crippen LogP contribution in [0.15, 0.2) is 18.2 Å². The number of benzene rings is 1. The van der Waals surface area contributed by atoms with E-state index in [2.05, 4.69) is 10.2 Å². The predicted octanol–water partition coefficient (Wildman–Crippen LogP) is 3.14. The number of hydrogen-bond donors (Lipinski definition) is 0. The number of nitrogens with zero attached hydrogens (tertiary/aromatic N) is 3. The monoisotopic (exact) mass is 269 g/mol. The van der Waals surface area contributed by atoms with E-state index in [1.165, 1.54) is 12.1 Å². The number of rotatable bonds is 3. The van der Waals surface area contributed by atoms with Crippen LogP contribution in [0.3, 0.4) is 0 Å². The molecule has 6 heteroatoms. The van der Waals surface area contributed by atoms with Crippen LogP contribution in [0.2, 0.25) is 5.28 Å². The Morgan fingerprint density at radius 2 is 2.06 bits per heavy atom. The van der Waals surface area contributed by atoms with Gasteiger partial charge in [0.1, 0.15) is 17.5 Å². The van der Waals surface area contributed by atoms with E-state index in [0.29, 0.717) is 11.5 Å². The Balaban J connectivity index is 1.94. The van der Waals surface area contributed by atoms with Crippen LogP contribution in [0.1, 0.15) is 30.1 Å². The Bertz CT molecular complexity index is 593. The fourth-order valence-corrected chi connectivity index (χ4v) is 2.09. The first kappa shape index (κ1) is 11.6. The fourth-order valence-electron chi connectivity index (χ4n) is 1.91. The molecule has 1 aromatic carbocycles. The van der Waals surface area contributed by atoms with E-state index in [4.69, 9.17) is 11.6 Å². The van der Waals surface area contributed by atoms with Crippen molar-refractivity contribution in [3.63, 3.8) is 0 Å². The van der Waals surface area contributed by atoms with E-state index in [1.807, 2.05) is 0 Å².